The molecule has 3 N–H and O–H groups in total. The largest absolute Gasteiger partial charge is 0.508 e. The number of hydrogen-bond acceptors (Lipinski definition) is 7. The molecule has 9 nitrogen and oxygen atoms in total. The third kappa shape index (κ3) is 7.14. The van der Waals surface area contributed by atoms with Gasteiger partial charge in [-0.15, -0.1) is 0 Å². The summed E-state index contributed by atoms with van der Waals surface area (Å²) in [6.07, 6.45) is 5.12. The highest BCUT2D eigenvalue weighted by molar-refractivity contribution is 6.43. The van der Waals surface area contributed by atoms with Crippen molar-refractivity contribution in [3.05, 3.63) is 76.9 Å². The van der Waals surface area contributed by atoms with E-state index in [0.717, 1.165) is 27.8 Å². The highest BCUT2D eigenvalue weighted by Gasteiger charge is 2.57. The number of fused-ring (bicyclic) bond motifs is 3. The van der Waals surface area contributed by atoms with Crippen molar-refractivity contribution in [3.8, 4) is 5.75 Å². The number of carbonyl (C=O) groups is 3. The van der Waals surface area contributed by atoms with E-state index in [0.29, 0.717) is 45.1 Å². The maximum atomic E-state index is 13.7. The SMILES string of the molecule is COCC1=C2[C@@H](CC/C(=C/c3cccc(O)c3)c3ccccc3)OB(O)C[C@@H]2[C@@H]2C(=O)N(CCCCCC(=O)O)C(=O)[C@@H]2C1. The molecule has 10 heteroatoms. The summed E-state index contributed by atoms with van der Waals surface area (Å²) >= 11 is 0. The summed E-state index contributed by atoms with van der Waals surface area (Å²) in [4.78, 5) is 39.4. The zero-order valence-corrected chi connectivity index (χ0v) is 25.1. The number of allylic oxidation sites excluding steroid dienone is 1. The van der Waals surface area contributed by atoms with E-state index in [1.54, 1.807) is 25.3 Å². The van der Waals surface area contributed by atoms with Crippen LogP contribution in [-0.2, 0) is 23.8 Å². The van der Waals surface area contributed by atoms with Gasteiger partial charge in [0.05, 0.1) is 24.5 Å². The maximum absolute atomic E-state index is 13.7. The maximum Gasteiger partial charge on any atom is 0.455 e. The van der Waals surface area contributed by atoms with Crippen molar-refractivity contribution in [2.45, 2.75) is 57.4 Å². The number of carbonyl (C=O) groups excluding carboxylic acids is 2. The number of benzene rings is 2. The fourth-order valence-corrected chi connectivity index (χ4v) is 7.13. The molecule has 3 aliphatic rings. The lowest BCUT2D eigenvalue weighted by molar-refractivity contribution is -0.141. The van der Waals surface area contributed by atoms with Crippen molar-refractivity contribution in [2.75, 3.05) is 20.3 Å². The van der Waals surface area contributed by atoms with Gasteiger partial charge in [0.1, 0.15) is 5.75 Å². The fraction of sp³-hybridized carbons (Fsp3) is 0.441. The number of carboxylic acid groups (broad SMARTS) is 1. The number of unbranched alkanes of at least 4 members (excludes halogenated alkanes) is 2. The van der Waals surface area contributed by atoms with Gasteiger partial charge in [0.15, 0.2) is 0 Å². The van der Waals surface area contributed by atoms with E-state index in [1.807, 2.05) is 42.5 Å². The topological polar surface area (TPSA) is 134 Å². The Bertz CT molecular complexity index is 1420. The Labute approximate surface area is 258 Å². The minimum atomic E-state index is -1.07. The molecule has 0 aromatic heterocycles. The molecule has 2 amide bonds. The molecule has 0 saturated carbocycles. The average Bonchev–Trinajstić information content (AvgIpc) is 3.23. The first kappa shape index (κ1) is 31.7. The molecule has 232 valence electrons. The minimum Gasteiger partial charge on any atom is -0.508 e. The number of rotatable bonds is 13. The Morgan fingerprint density at radius 3 is 2.57 bits per heavy atom. The number of aliphatic carboxylic acids is 1. The lowest BCUT2D eigenvalue weighted by Crippen LogP contribution is -2.46. The summed E-state index contributed by atoms with van der Waals surface area (Å²) in [5.74, 6) is -2.47. The number of imide groups is 1. The molecule has 2 fully saturated rings. The number of aromatic hydroxyl groups is 1. The van der Waals surface area contributed by atoms with Gasteiger partial charge in [-0.05, 0) is 84.3 Å². The number of hydrogen-bond donors (Lipinski definition) is 3. The molecule has 2 saturated heterocycles. The van der Waals surface area contributed by atoms with Crippen LogP contribution in [0.25, 0.3) is 11.6 Å². The highest BCUT2D eigenvalue weighted by Crippen LogP contribution is 2.50. The smallest absolute Gasteiger partial charge is 0.455 e. The van der Waals surface area contributed by atoms with Gasteiger partial charge in [0, 0.05) is 20.1 Å². The number of likely N-dealkylation sites (tertiary alicyclic amines) is 1. The molecule has 2 aromatic rings. The summed E-state index contributed by atoms with van der Waals surface area (Å²) in [5, 5.41) is 29.8. The lowest BCUT2D eigenvalue weighted by atomic mass is 9.58. The van der Waals surface area contributed by atoms with Crippen molar-refractivity contribution < 1.29 is 39.0 Å². The summed E-state index contributed by atoms with van der Waals surface area (Å²) in [6, 6.07) is 17.1. The van der Waals surface area contributed by atoms with Gasteiger partial charge < -0.3 is 24.6 Å². The zero-order valence-electron chi connectivity index (χ0n) is 25.1. The lowest BCUT2D eigenvalue weighted by Gasteiger charge is -2.43. The Hall–Kier alpha value is -3.73. The molecule has 0 spiro atoms. The Morgan fingerprint density at radius 1 is 1.05 bits per heavy atom. The predicted octanol–water partition coefficient (Wildman–Crippen LogP) is 4.80. The molecule has 0 bridgehead atoms. The molecule has 44 heavy (non-hydrogen) atoms. The van der Waals surface area contributed by atoms with Crippen LogP contribution in [0.3, 0.4) is 0 Å². The van der Waals surface area contributed by atoms with Gasteiger partial charge in [-0.3, -0.25) is 19.3 Å². The summed E-state index contributed by atoms with van der Waals surface area (Å²) in [5.41, 5.74) is 4.87. The number of nitrogens with zero attached hydrogens (tertiary/aromatic N) is 1. The Balaban J connectivity index is 1.38. The fourth-order valence-electron chi connectivity index (χ4n) is 7.13. The third-order valence-corrected chi connectivity index (χ3v) is 9.02. The van der Waals surface area contributed by atoms with Crippen molar-refractivity contribution in [1.82, 2.24) is 4.90 Å². The number of methoxy groups -OCH3 is 1. The van der Waals surface area contributed by atoms with Gasteiger partial charge in [-0.25, -0.2) is 0 Å². The van der Waals surface area contributed by atoms with Gasteiger partial charge in [-0.2, -0.15) is 0 Å². The molecular formula is C34H40BNO8. The van der Waals surface area contributed by atoms with Crippen molar-refractivity contribution in [3.63, 3.8) is 0 Å². The third-order valence-electron chi connectivity index (χ3n) is 9.02. The highest BCUT2D eigenvalue weighted by atomic mass is 16.5. The number of amides is 2. The summed E-state index contributed by atoms with van der Waals surface area (Å²) < 4.78 is 11.7. The van der Waals surface area contributed by atoms with E-state index >= 15 is 0 Å². The van der Waals surface area contributed by atoms with E-state index in [9.17, 15) is 24.5 Å². The first-order chi connectivity index (χ1) is 21.3. The molecule has 0 radical (unpaired) electrons. The molecule has 4 atom stereocenters. The molecule has 2 aromatic carbocycles. The van der Waals surface area contributed by atoms with Gasteiger partial charge in [0.25, 0.3) is 0 Å². The number of phenolic OH excluding ortho intramolecular Hbond substituents is 1. The number of carboxylic acids is 1. The second-order valence-electron chi connectivity index (χ2n) is 12.0. The van der Waals surface area contributed by atoms with Crippen LogP contribution in [0, 0.1) is 17.8 Å². The van der Waals surface area contributed by atoms with Crippen LogP contribution in [0.1, 0.15) is 56.1 Å². The molecular weight excluding hydrogens is 561 g/mol. The standard InChI is InChI=1S/C34H40BNO8/c1-43-21-25-19-27-32(34(41)36(33(27)40)16-7-3-6-13-30(38)39)28-20-35(42)44-29(31(25)28)15-14-24(23-10-4-2-5-11-23)17-22-9-8-12-26(37)18-22/h2,4-5,8-12,17-18,27-29,32,37,42H,3,6-7,13-16,19-21H2,1H3,(H,38,39)/b24-17-/t27-,28+,29-,32-/m1/s1. The van der Waals surface area contributed by atoms with Crippen LogP contribution in [0.4, 0.5) is 0 Å². The van der Waals surface area contributed by atoms with Crippen LogP contribution in [-0.4, -0.2) is 71.4 Å². The Kier molecular flexibility index (Phi) is 10.4. The predicted molar refractivity (Wildman–Crippen MR) is 166 cm³/mol. The van der Waals surface area contributed by atoms with E-state index in [1.165, 1.54) is 4.90 Å². The average molecular weight is 602 g/mol. The molecule has 1 aliphatic carbocycles. The molecule has 5 rings (SSSR count). The van der Waals surface area contributed by atoms with E-state index in [2.05, 4.69) is 0 Å². The van der Waals surface area contributed by atoms with Crippen LogP contribution in [0.5, 0.6) is 5.75 Å². The van der Waals surface area contributed by atoms with Crippen LogP contribution >= 0.6 is 0 Å². The minimum absolute atomic E-state index is 0.0666. The van der Waals surface area contributed by atoms with E-state index < -0.39 is 31.0 Å². The first-order valence-corrected chi connectivity index (χ1v) is 15.4. The van der Waals surface area contributed by atoms with Crippen LogP contribution < -0.4 is 0 Å². The molecule has 2 heterocycles. The van der Waals surface area contributed by atoms with Crippen LogP contribution in [0.15, 0.2) is 65.7 Å². The van der Waals surface area contributed by atoms with Crippen molar-refractivity contribution >= 4 is 36.6 Å². The summed E-state index contributed by atoms with van der Waals surface area (Å²) in [6.45, 7) is 0.584. The first-order valence-electron chi connectivity index (χ1n) is 15.4. The van der Waals surface area contributed by atoms with E-state index in [-0.39, 0.29) is 42.8 Å². The zero-order chi connectivity index (χ0) is 31.2. The van der Waals surface area contributed by atoms with Gasteiger partial charge >= 0.3 is 13.1 Å². The molecule has 2 aliphatic heterocycles. The van der Waals surface area contributed by atoms with E-state index in [4.69, 9.17) is 14.5 Å². The number of phenols is 1. The second kappa shape index (κ2) is 14.4. The van der Waals surface area contributed by atoms with Gasteiger partial charge in [0.2, 0.25) is 11.8 Å². The monoisotopic (exact) mass is 601 g/mol. The Morgan fingerprint density at radius 2 is 1.84 bits per heavy atom. The summed E-state index contributed by atoms with van der Waals surface area (Å²) in [7, 11) is 0.540. The van der Waals surface area contributed by atoms with Crippen molar-refractivity contribution in [2.24, 2.45) is 17.8 Å². The van der Waals surface area contributed by atoms with Crippen LogP contribution in [0.2, 0.25) is 6.32 Å². The van der Waals surface area contributed by atoms with Crippen molar-refractivity contribution in [1.29, 1.82) is 0 Å². The van der Waals surface area contributed by atoms with Gasteiger partial charge in [-0.1, -0.05) is 55.0 Å². The number of ether oxygens (including phenoxy) is 1. The quantitative estimate of drug-likeness (QED) is 0.0981. The molecule has 0 unspecified atom stereocenters. The second-order valence-corrected chi connectivity index (χ2v) is 12.0. The normalized spacial score (nSPS) is 23.6.